The highest BCUT2D eigenvalue weighted by Gasteiger charge is 2.58. The van der Waals surface area contributed by atoms with Crippen LogP contribution in [0.4, 0.5) is 10.2 Å². The van der Waals surface area contributed by atoms with Gasteiger partial charge < -0.3 is 15.4 Å². The Hall–Kier alpha value is -2.35. The minimum absolute atomic E-state index is 0.0446. The Bertz CT molecular complexity index is 1000. The third-order valence-corrected chi connectivity index (χ3v) is 8.18. The van der Waals surface area contributed by atoms with E-state index in [0.717, 1.165) is 42.6 Å². The number of nitrogens with one attached hydrogen (secondary N) is 2. The average molecular weight is 439 g/mol. The van der Waals surface area contributed by atoms with Gasteiger partial charge in [-0.05, 0) is 37.0 Å². The summed E-state index contributed by atoms with van der Waals surface area (Å²) in [6, 6.07) is 2.39. The molecule has 6 rings (SSSR count). The van der Waals surface area contributed by atoms with Crippen molar-refractivity contribution < 1.29 is 9.13 Å². The number of methoxy groups -OCH3 is 1. The van der Waals surface area contributed by atoms with Crippen LogP contribution >= 0.6 is 0 Å². The number of ether oxygens (including phenoxy) is 1. The molecule has 0 aromatic carbocycles. The zero-order valence-electron chi connectivity index (χ0n) is 18.7. The molecular weight excluding hydrogens is 407 g/mol. The standard InChI is InChI=1S/C24H31FN6O/c1-14-9-28-22-24(13-29-31-22)4-3-16(17(21(14)24)8-23(25)5-6-23)18-12-27-20(7-19(18)32-2)30-15-10-26-11-15/h3-4,7,12,14-17,21,26H,5-6,8-11,13H2,1-2H3,(H,27,30)/t14-,16-,17?,21?,24?/m0/s1. The maximum atomic E-state index is 15.3. The lowest BCUT2D eigenvalue weighted by Crippen LogP contribution is -2.51. The van der Waals surface area contributed by atoms with E-state index in [9.17, 15) is 0 Å². The van der Waals surface area contributed by atoms with Crippen LogP contribution in [0.15, 0.2) is 39.6 Å². The number of halogens is 1. The first-order chi connectivity index (χ1) is 15.5. The fourth-order valence-electron chi connectivity index (χ4n) is 6.26. The van der Waals surface area contributed by atoms with Crippen molar-refractivity contribution in [3.05, 3.63) is 30.0 Å². The summed E-state index contributed by atoms with van der Waals surface area (Å²) in [6.45, 7) is 5.48. The molecule has 1 aromatic heterocycles. The number of alkyl halides is 1. The summed E-state index contributed by atoms with van der Waals surface area (Å²) >= 11 is 0. The van der Waals surface area contributed by atoms with Crippen molar-refractivity contribution in [1.29, 1.82) is 0 Å². The molecule has 1 saturated carbocycles. The second kappa shape index (κ2) is 7.33. The Morgan fingerprint density at radius 3 is 2.88 bits per heavy atom. The van der Waals surface area contributed by atoms with E-state index in [1.807, 2.05) is 12.3 Å². The smallest absolute Gasteiger partial charge is 0.158 e. The predicted octanol–water partition coefficient (Wildman–Crippen LogP) is 3.75. The second-order valence-electron chi connectivity index (χ2n) is 10.3. The molecule has 2 aliphatic carbocycles. The van der Waals surface area contributed by atoms with Gasteiger partial charge in [0, 0.05) is 43.4 Å². The number of rotatable bonds is 6. The Morgan fingerprint density at radius 1 is 1.31 bits per heavy atom. The van der Waals surface area contributed by atoms with Gasteiger partial charge in [-0.2, -0.15) is 5.11 Å². The highest BCUT2D eigenvalue weighted by atomic mass is 19.1. The van der Waals surface area contributed by atoms with Crippen LogP contribution in [0.3, 0.4) is 0 Å². The first-order valence-corrected chi connectivity index (χ1v) is 11.8. The van der Waals surface area contributed by atoms with Gasteiger partial charge in [-0.25, -0.2) is 9.37 Å². The number of hydrogen-bond donors (Lipinski definition) is 2. The molecule has 0 amide bonds. The molecule has 5 atom stereocenters. The third kappa shape index (κ3) is 3.17. The van der Waals surface area contributed by atoms with Crippen LogP contribution in [0, 0.1) is 23.2 Å². The Balaban J connectivity index is 1.39. The lowest BCUT2D eigenvalue weighted by Gasteiger charge is -2.50. The highest BCUT2D eigenvalue weighted by Crippen LogP contribution is 2.59. The number of aromatic nitrogens is 1. The molecule has 1 spiro atoms. The van der Waals surface area contributed by atoms with Gasteiger partial charge in [0.2, 0.25) is 0 Å². The van der Waals surface area contributed by atoms with E-state index in [-0.39, 0.29) is 23.2 Å². The molecule has 8 heteroatoms. The minimum Gasteiger partial charge on any atom is -0.496 e. The van der Waals surface area contributed by atoms with Crippen LogP contribution in [0.25, 0.3) is 0 Å². The van der Waals surface area contributed by atoms with Gasteiger partial charge in [-0.1, -0.05) is 19.1 Å². The van der Waals surface area contributed by atoms with Crippen molar-refractivity contribution in [1.82, 2.24) is 10.3 Å². The lowest BCUT2D eigenvalue weighted by molar-refractivity contribution is 0.0850. The molecule has 3 aliphatic heterocycles. The number of amidine groups is 1. The van der Waals surface area contributed by atoms with Crippen LogP contribution in [-0.4, -0.2) is 55.8 Å². The van der Waals surface area contributed by atoms with Gasteiger partial charge in [-0.15, -0.1) is 5.11 Å². The molecule has 2 fully saturated rings. The largest absolute Gasteiger partial charge is 0.496 e. The molecule has 0 radical (unpaired) electrons. The molecule has 32 heavy (non-hydrogen) atoms. The monoisotopic (exact) mass is 438 g/mol. The Kier molecular flexibility index (Phi) is 4.65. The SMILES string of the molecule is COc1cc(NC2CNC2)ncc1[C@H]1C=CC23CN=NC2=NC[C@H](C)C3C1CC1(F)CC1. The van der Waals surface area contributed by atoms with Crippen LogP contribution in [0.2, 0.25) is 0 Å². The second-order valence-corrected chi connectivity index (χ2v) is 10.3. The summed E-state index contributed by atoms with van der Waals surface area (Å²) < 4.78 is 21.1. The fraction of sp³-hybridized carbons (Fsp3) is 0.667. The van der Waals surface area contributed by atoms with Gasteiger partial charge in [-0.3, -0.25) is 4.99 Å². The Morgan fingerprint density at radius 2 is 2.16 bits per heavy atom. The normalized spacial score (nSPS) is 36.7. The van der Waals surface area contributed by atoms with Gasteiger partial charge in [0.05, 0.1) is 25.1 Å². The molecule has 1 saturated heterocycles. The number of anilines is 1. The van der Waals surface area contributed by atoms with Crippen molar-refractivity contribution >= 4 is 11.7 Å². The van der Waals surface area contributed by atoms with Crippen molar-refractivity contribution in [3.8, 4) is 5.75 Å². The van der Waals surface area contributed by atoms with Gasteiger partial charge in [0.1, 0.15) is 17.2 Å². The minimum atomic E-state index is -1.05. The van der Waals surface area contributed by atoms with Crippen LogP contribution in [-0.2, 0) is 0 Å². The number of azo groups is 1. The summed E-state index contributed by atoms with van der Waals surface area (Å²) in [5.74, 6) is 3.23. The fourth-order valence-corrected chi connectivity index (χ4v) is 6.26. The first kappa shape index (κ1) is 20.3. The number of allylic oxidation sites excluding steroid dienone is 1. The van der Waals surface area contributed by atoms with E-state index in [1.165, 1.54) is 0 Å². The topological polar surface area (TPSA) is 83.3 Å². The van der Waals surface area contributed by atoms with E-state index < -0.39 is 5.67 Å². The summed E-state index contributed by atoms with van der Waals surface area (Å²) in [6.07, 6.45) is 8.31. The summed E-state index contributed by atoms with van der Waals surface area (Å²) in [5.41, 5.74) is -0.298. The van der Waals surface area contributed by atoms with Crippen LogP contribution in [0.5, 0.6) is 5.75 Å². The zero-order chi connectivity index (χ0) is 21.9. The zero-order valence-corrected chi connectivity index (χ0v) is 18.7. The summed E-state index contributed by atoms with van der Waals surface area (Å²) in [5, 5.41) is 15.5. The van der Waals surface area contributed by atoms with Crippen molar-refractivity contribution in [2.24, 2.45) is 38.4 Å². The predicted molar refractivity (Wildman–Crippen MR) is 121 cm³/mol. The average Bonchev–Trinajstić information content (AvgIpc) is 3.34. The Labute approximate surface area is 188 Å². The molecule has 170 valence electrons. The van der Waals surface area contributed by atoms with Crippen LogP contribution < -0.4 is 15.4 Å². The number of nitrogens with zero attached hydrogens (tertiary/aromatic N) is 4. The number of hydrogen-bond acceptors (Lipinski definition) is 7. The highest BCUT2D eigenvalue weighted by molar-refractivity contribution is 5.93. The lowest BCUT2D eigenvalue weighted by atomic mass is 9.54. The third-order valence-electron chi connectivity index (χ3n) is 8.18. The molecule has 4 heterocycles. The van der Waals surface area contributed by atoms with Crippen molar-refractivity contribution in [3.63, 3.8) is 0 Å². The van der Waals surface area contributed by atoms with Crippen molar-refractivity contribution in [2.45, 2.75) is 43.8 Å². The maximum absolute atomic E-state index is 15.3. The summed E-state index contributed by atoms with van der Waals surface area (Å²) in [4.78, 5) is 9.45. The van der Waals surface area contributed by atoms with Gasteiger partial charge in [0.25, 0.3) is 0 Å². The van der Waals surface area contributed by atoms with E-state index in [4.69, 9.17) is 14.7 Å². The van der Waals surface area contributed by atoms with Crippen molar-refractivity contribution in [2.75, 3.05) is 38.6 Å². The maximum Gasteiger partial charge on any atom is 0.158 e. The molecule has 7 nitrogen and oxygen atoms in total. The number of pyridine rings is 1. The quantitative estimate of drug-likeness (QED) is 0.663. The van der Waals surface area contributed by atoms with Gasteiger partial charge in [0.15, 0.2) is 5.84 Å². The molecule has 3 unspecified atom stereocenters. The van der Waals surface area contributed by atoms with Gasteiger partial charge >= 0.3 is 0 Å². The first-order valence-electron chi connectivity index (χ1n) is 11.8. The van der Waals surface area contributed by atoms with E-state index in [0.29, 0.717) is 37.8 Å². The van der Waals surface area contributed by atoms with E-state index in [1.54, 1.807) is 7.11 Å². The molecule has 5 aliphatic rings. The van der Waals surface area contributed by atoms with E-state index >= 15 is 4.39 Å². The molecule has 2 N–H and O–H groups in total. The molecule has 0 bridgehead atoms. The summed E-state index contributed by atoms with van der Waals surface area (Å²) in [7, 11) is 1.71. The molecule has 1 aromatic rings. The van der Waals surface area contributed by atoms with E-state index in [2.05, 4.69) is 39.9 Å². The molecular formula is C24H31FN6O. The van der Waals surface area contributed by atoms with Crippen LogP contribution in [0.1, 0.15) is 37.7 Å². The number of aliphatic imine (C=N–C) groups is 1.